The van der Waals surface area contributed by atoms with Crippen molar-refractivity contribution in [2.45, 2.75) is 69.1 Å². The molecule has 0 bridgehead atoms. The lowest BCUT2D eigenvalue weighted by molar-refractivity contribution is -0.137. The zero-order valence-electron chi connectivity index (χ0n) is 24.3. The van der Waals surface area contributed by atoms with Crippen molar-refractivity contribution in [2.75, 3.05) is 26.8 Å². The van der Waals surface area contributed by atoms with Crippen LogP contribution in [0.25, 0.3) is 0 Å². The van der Waals surface area contributed by atoms with Gasteiger partial charge in [0.25, 0.3) is 0 Å². The number of amides is 2. The topological polar surface area (TPSA) is 125 Å². The van der Waals surface area contributed by atoms with Crippen LogP contribution >= 0.6 is 0 Å². The molecule has 43 heavy (non-hydrogen) atoms. The van der Waals surface area contributed by atoms with Crippen LogP contribution in [0.4, 0.5) is 4.39 Å². The molecule has 0 radical (unpaired) electrons. The van der Waals surface area contributed by atoms with Gasteiger partial charge in [0, 0.05) is 36.2 Å². The molecular weight excluding hydrogens is 555 g/mol. The minimum Gasteiger partial charge on any atom is -0.493 e. The second-order valence-corrected chi connectivity index (χ2v) is 11.6. The molecule has 2 aromatic rings. The van der Waals surface area contributed by atoms with Gasteiger partial charge in [-0.05, 0) is 54.7 Å². The number of aliphatic hydroxyl groups is 2. The molecule has 0 spiro atoms. The SMILES string of the molecule is COc1cc(C=O)cc2c1O[C@@H]1[C@@H](O)[C@H](N(CCc3cccc(F)c3)C(=O)CCC3CCCC3)C=C(C(=O)NCCO)[C@H]21. The zero-order chi connectivity index (χ0) is 30.5. The van der Waals surface area contributed by atoms with Gasteiger partial charge in [-0.15, -0.1) is 0 Å². The van der Waals surface area contributed by atoms with Crippen LogP contribution < -0.4 is 14.8 Å². The Kier molecular flexibility index (Phi) is 9.77. The maximum atomic E-state index is 14.0. The molecule has 2 amide bonds. The molecule has 4 atom stereocenters. The number of halogens is 1. The first-order valence-corrected chi connectivity index (χ1v) is 15.0. The Labute approximate surface area is 250 Å². The molecule has 3 aliphatic rings. The fourth-order valence-corrected chi connectivity index (χ4v) is 6.71. The third-order valence-electron chi connectivity index (χ3n) is 8.86. The van der Waals surface area contributed by atoms with Crippen LogP contribution in [0.2, 0.25) is 0 Å². The van der Waals surface area contributed by atoms with E-state index in [2.05, 4.69) is 5.32 Å². The number of carbonyl (C=O) groups excluding carboxylic acids is 3. The summed E-state index contributed by atoms with van der Waals surface area (Å²) < 4.78 is 25.7. The molecule has 1 heterocycles. The minimum absolute atomic E-state index is 0.00972. The van der Waals surface area contributed by atoms with Gasteiger partial charge >= 0.3 is 0 Å². The van der Waals surface area contributed by atoms with Crippen LogP contribution in [0, 0.1) is 11.7 Å². The number of fused-ring (bicyclic) bond motifs is 3. The number of rotatable bonds is 12. The van der Waals surface area contributed by atoms with Gasteiger partial charge in [-0.1, -0.05) is 37.8 Å². The van der Waals surface area contributed by atoms with Crippen molar-refractivity contribution in [1.82, 2.24) is 10.2 Å². The Hall–Kier alpha value is -3.76. The number of nitrogens with one attached hydrogen (secondary N) is 1. The van der Waals surface area contributed by atoms with Crippen molar-refractivity contribution in [3.63, 3.8) is 0 Å². The zero-order valence-corrected chi connectivity index (χ0v) is 24.3. The predicted molar refractivity (Wildman–Crippen MR) is 157 cm³/mol. The number of nitrogens with zero attached hydrogens (tertiary/aromatic N) is 1. The van der Waals surface area contributed by atoms with E-state index in [1.165, 1.54) is 25.3 Å². The van der Waals surface area contributed by atoms with E-state index in [9.17, 15) is 29.0 Å². The van der Waals surface area contributed by atoms with Crippen LogP contribution in [-0.4, -0.2) is 78.3 Å². The monoisotopic (exact) mass is 594 g/mol. The lowest BCUT2D eigenvalue weighted by Crippen LogP contribution is -2.56. The first-order valence-electron chi connectivity index (χ1n) is 15.0. The number of hydrogen-bond acceptors (Lipinski definition) is 7. The van der Waals surface area contributed by atoms with Crippen LogP contribution in [0.5, 0.6) is 11.5 Å². The summed E-state index contributed by atoms with van der Waals surface area (Å²) in [7, 11) is 1.44. The average molecular weight is 595 g/mol. The lowest BCUT2D eigenvalue weighted by Gasteiger charge is -2.41. The third-order valence-corrected chi connectivity index (χ3v) is 8.86. The van der Waals surface area contributed by atoms with Crippen molar-refractivity contribution < 1.29 is 38.5 Å². The molecule has 1 fully saturated rings. The summed E-state index contributed by atoms with van der Waals surface area (Å²) in [5.41, 5.74) is 1.81. The van der Waals surface area contributed by atoms with Crippen molar-refractivity contribution in [1.29, 1.82) is 0 Å². The lowest BCUT2D eigenvalue weighted by atomic mass is 9.77. The first-order chi connectivity index (χ1) is 20.8. The summed E-state index contributed by atoms with van der Waals surface area (Å²) in [6.07, 6.45) is 6.00. The Bertz CT molecular complexity index is 1370. The molecule has 0 unspecified atom stereocenters. The number of carbonyl (C=O) groups is 3. The summed E-state index contributed by atoms with van der Waals surface area (Å²) in [5, 5.41) is 23.9. The molecule has 2 aromatic carbocycles. The summed E-state index contributed by atoms with van der Waals surface area (Å²) in [6.45, 7) is -0.0652. The number of methoxy groups -OCH3 is 1. The van der Waals surface area contributed by atoms with Crippen LogP contribution in [0.15, 0.2) is 48.0 Å². The molecule has 3 N–H and O–H groups in total. The molecule has 10 heteroatoms. The van der Waals surface area contributed by atoms with Crippen molar-refractivity contribution in [3.05, 3.63) is 70.6 Å². The predicted octanol–water partition coefficient (Wildman–Crippen LogP) is 3.31. The fraction of sp³-hybridized carbons (Fsp3) is 0.485. The van der Waals surface area contributed by atoms with Crippen LogP contribution in [-0.2, 0) is 16.0 Å². The van der Waals surface area contributed by atoms with Gasteiger partial charge in [0.2, 0.25) is 11.8 Å². The quantitative estimate of drug-likeness (QED) is 0.322. The van der Waals surface area contributed by atoms with Gasteiger partial charge in [-0.2, -0.15) is 0 Å². The van der Waals surface area contributed by atoms with E-state index in [4.69, 9.17) is 9.47 Å². The van der Waals surface area contributed by atoms with Gasteiger partial charge in [-0.25, -0.2) is 4.39 Å². The second kappa shape index (κ2) is 13.7. The standard InChI is InChI=1S/C33H39FN2O7/c1-42-27-17-22(19-38)16-24-29-25(33(41)35-12-14-37)18-26(30(40)32(29)43-31(24)27)36(13-11-21-7-4-8-23(34)15-21)28(39)10-9-20-5-2-3-6-20/h4,7-8,15-20,26,29-30,32,37,40H,2-3,5-6,9-14H2,1H3,(H,35,41)/t26-,29+,30+,32+/m1/s1. The van der Waals surface area contributed by atoms with E-state index in [0.29, 0.717) is 53.2 Å². The normalized spacial score (nSPS) is 22.7. The van der Waals surface area contributed by atoms with E-state index in [0.717, 1.165) is 32.1 Å². The van der Waals surface area contributed by atoms with Crippen LogP contribution in [0.1, 0.15) is 65.9 Å². The van der Waals surface area contributed by atoms with Crippen molar-refractivity contribution >= 4 is 18.1 Å². The Morgan fingerprint density at radius 1 is 1.21 bits per heavy atom. The number of ether oxygens (including phenoxy) is 2. The molecule has 230 valence electrons. The molecular formula is C33H39FN2O7. The van der Waals surface area contributed by atoms with Gasteiger partial charge in [0.05, 0.1) is 25.7 Å². The van der Waals surface area contributed by atoms with Crippen LogP contribution in [0.3, 0.4) is 0 Å². The van der Waals surface area contributed by atoms with Gasteiger partial charge in [0.1, 0.15) is 24.3 Å². The summed E-state index contributed by atoms with van der Waals surface area (Å²) >= 11 is 0. The summed E-state index contributed by atoms with van der Waals surface area (Å²) in [6, 6.07) is 8.42. The third kappa shape index (κ3) is 6.60. The molecule has 0 saturated heterocycles. The average Bonchev–Trinajstić information content (AvgIpc) is 3.68. The number of benzene rings is 2. The van der Waals surface area contributed by atoms with Crippen molar-refractivity contribution in [3.8, 4) is 11.5 Å². The highest BCUT2D eigenvalue weighted by atomic mass is 19.1. The highest BCUT2D eigenvalue weighted by Crippen LogP contribution is 2.51. The van der Waals surface area contributed by atoms with Gasteiger partial charge in [0.15, 0.2) is 11.5 Å². The van der Waals surface area contributed by atoms with E-state index < -0.39 is 30.1 Å². The molecule has 1 aliphatic heterocycles. The number of aldehydes is 1. The first kappa shape index (κ1) is 30.7. The van der Waals surface area contributed by atoms with E-state index in [-0.39, 0.29) is 37.0 Å². The minimum atomic E-state index is -1.22. The van der Waals surface area contributed by atoms with Crippen molar-refractivity contribution in [2.24, 2.45) is 5.92 Å². The second-order valence-electron chi connectivity index (χ2n) is 11.6. The summed E-state index contributed by atoms with van der Waals surface area (Å²) in [4.78, 5) is 40.6. The molecule has 9 nitrogen and oxygen atoms in total. The largest absolute Gasteiger partial charge is 0.493 e. The van der Waals surface area contributed by atoms with E-state index >= 15 is 0 Å². The van der Waals surface area contributed by atoms with E-state index in [1.807, 2.05) is 0 Å². The molecule has 2 aliphatic carbocycles. The Balaban J connectivity index is 1.51. The summed E-state index contributed by atoms with van der Waals surface area (Å²) in [5.74, 6) is -0.652. The maximum Gasteiger partial charge on any atom is 0.247 e. The smallest absolute Gasteiger partial charge is 0.247 e. The fourth-order valence-electron chi connectivity index (χ4n) is 6.71. The molecule has 1 saturated carbocycles. The molecule has 5 rings (SSSR count). The van der Waals surface area contributed by atoms with Gasteiger partial charge < -0.3 is 29.9 Å². The Morgan fingerprint density at radius 3 is 2.70 bits per heavy atom. The van der Waals surface area contributed by atoms with E-state index in [1.54, 1.807) is 29.2 Å². The molecule has 0 aromatic heterocycles. The maximum absolute atomic E-state index is 14.0. The number of hydrogen-bond donors (Lipinski definition) is 3. The highest BCUT2D eigenvalue weighted by molar-refractivity contribution is 5.96. The highest BCUT2D eigenvalue weighted by Gasteiger charge is 2.51. The number of aliphatic hydroxyl groups excluding tert-OH is 2. The Morgan fingerprint density at radius 2 is 2.00 bits per heavy atom. The van der Waals surface area contributed by atoms with Gasteiger partial charge in [-0.3, -0.25) is 14.4 Å².